The highest BCUT2D eigenvalue weighted by Crippen LogP contribution is 2.12. The van der Waals surface area contributed by atoms with E-state index in [1.165, 1.54) is 89.9 Å². The third-order valence-corrected chi connectivity index (χ3v) is 4.37. The van der Waals surface area contributed by atoms with E-state index in [2.05, 4.69) is 44.7 Å². The predicted octanol–water partition coefficient (Wildman–Crippen LogP) is 6.45. The molecule has 0 unspecified atom stereocenters. The van der Waals surface area contributed by atoms with Gasteiger partial charge in [0.25, 0.3) is 0 Å². The van der Waals surface area contributed by atoms with Crippen molar-refractivity contribution in [3.63, 3.8) is 0 Å². The third-order valence-electron chi connectivity index (χ3n) is 3.99. The Morgan fingerprint density at radius 1 is 0.667 bits per heavy atom. The Hall–Kier alpha value is 0.250. The highest BCUT2D eigenvalue weighted by atomic mass is 127. The van der Waals surface area contributed by atoms with Crippen LogP contribution in [0, 0.1) is 9.85 Å². The molecule has 0 aromatic rings. The molecular formula is C19H36IN. The van der Waals surface area contributed by atoms with Crippen molar-refractivity contribution in [3.05, 3.63) is 0 Å². The van der Waals surface area contributed by atoms with Crippen molar-refractivity contribution < 1.29 is 0 Å². The van der Waals surface area contributed by atoms with E-state index >= 15 is 0 Å². The van der Waals surface area contributed by atoms with Gasteiger partial charge >= 0.3 is 0 Å². The van der Waals surface area contributed by atoms with E-state index < -0.39 is 0 Å². The molecule has 0 aliphatic heterocycles. The third kappa shape index (κ3) is 20.2. The maximum Gasteiger partial charge on any atom is 0.0584 e. The minimum Gasteiger partial charge on any atom is -0.306 e. The maximum absolute atomic E-state index is 3.35. The summed E-state index contributed by atoms with van der Waals surface area (Å²) >= 11 is 2.09. The fraction of sp³-hybridized carbons (Fsp3) is 0.895. The zero-order valence-corrected chi connectivity index (χ0v) is 16.3. The van der Waals surface area contributed by atoms with Crippen LogP contribution in [0.5, 0.6) is 0 Å². The lowest BCUT2D eigenvalue weighted by atomic mass is 10.0. The fourth-order valence-corrected chi connectivity index (χ4v) is 2.82. The molecule has 0 bridgehead atoms. The van der Waals surface area contributed by atoms with Gasteiger partial charge in [0.15, 0.2) is 0 Å². The second kappa shape index (κ2) is 20.2. The van der Waals surface area contributed by atoms with E-state index in [1.807, 2.05) is 0 Å². The smallest absolute Gasteiger partial charge is 0.0584 e. The summed E-state index contributed by atoms with van der Waals surface area (Å²) in [4.78, 5) is 0. The number of hydrogen-bond acceptors (Lipinski definition) is 1. The van der Waals surface area contributed by atoms with Gasteiger partial charge in [0.2, 0.25) is 0 Å². The second-order valence-electron chi connectivity index (χ2n) is 6.04. The molecule has 1 nitrogen and oxygen atoms in total. The van der Waals surface area contributed by atoms with E-state index in [9.17, 15) is 0 Å². The summed E-state index contributed by atoms with van der Waals surface area (Å²) in [6.07, 6.45) is 20.0. The van der Waals surface area contributed by atoms with Crippen molar-refractivity contribution in [2.75, 3.05) is 13.1 Å². The lowest BCUT2D eigenvalue weighted by Crippen LogP contribution is -2.14. The Balaban J connectivity index is 2.94. The molecule has 0 aliphatic carbocycles. The van der Waals surface area contributed by atoms with Crippen LogP contribution in [0.3, 0.4) is 0 Å². The highest BCUT2D eigenvalue weighted by Gasteiger charge is 1.94. The van der Waals surface area contributed by atoms with Crippen molar-refractivity contribution in [1.29, 1.82) is 0 Å². The van der Waals surface area contributed by atoms with Gasteiger partial charge in [-0.25, -0.2) is 0 Å². The molecule has 0 saturated carbocycles. The molecule has 0 heterocycles. The monoisotopic (exact) mass is 405 g/mol. The first-order valence-corrected chi connectivity index (χ1v) is 10.3. The first kappa shape index (κ1) is 21.2. The summed E-state index contributed by atoms with van der Waals surface area (Å²) in [5.41, 5.74) is 0. The van der Waals surface area contributed by atoms with Gasteiger partial charge in [0.05, 0.1) is 6.54 Å². The molecule has 0 rings (SSSR count). The summed E-state index contributed by atoms with van der Waals surface area (Å²) < 4.78 is 2.88. The number of nitrogens with one attached hydrogen (secondary N) is 1. The Morgan fingerprint density at radius 2 is 1.10 bits per heavy atom. The first-order valence-electron chi connectivity index (χ1n) is 9.21. The number of rotatable bonds is 16. The molecule has 0 radical (unpaired) electrons. The molecule has 0 fully saturated rings. The Bertz CT molecular complexity index is 242. The summed E-state index contributed by atoms with van der Waals surface area (Å²) in [6, 6.07) is 0. The zero-order chi connectivity index (χ0) is 15.4. The lowest BCUT2D eigenvalue weighted by Gasteiger charge is -2.03. The van der Waals surface area contributed by atoms with E-state index in [1.54, 1.807) is 0 Å². The van der Waals surface area contributed by atoms with Crippen molar-refractivity contribution in [2.45, 2.75) is 96.8 Å². The minimum atomic E-state index is 0.849. The molecule has 0 aromatic heterocycles. The van der Waals surface area contributed by atoms with Crippen LogP contribution < -0.4 is 5.32 Å². The molecule has 0 atom stereocenters. The average Bonchev–Trinajstić information content (AvgIpc) is 2.50. The molecule has 2 heteroatoms. The van der Waals surface area contributed by atoms with E-state index in [4.69, 9.17) is 0 Å². The summed E-state index contributed by atoms with van der Waals surface area (Å²) in [5, 5.41) is 3.35. The molecule has 0 spiro atoms. The lowest BCUT2D eigenvalue weighted by molar-refractivity contribution is 0.532. The highest BCUT2D eigenvalue weighted by molar-refractivity contribution is 14.1. The molecule has 0 aromatic carbocycles. The SMILES string of the molecule is CCCCCCCCCCCCCCCCNCC#CI. The molecule has 0 saturated heterocycles. The van der Waals surface area contributed by atoms with Gasteiger partial charge in [-0.3, -0.25) is 0 Å². The fourth-order valence-electron chi connectivity index (χ4n) is 2.63. The van der Waals surface area contributed by atoms with Gasteiger partial charge in [-0.15, -0.1) is 0 Å². The predicted molar refractivity (Wildman–Crippen MR) is 105 cm³/mol. The Kier molecular flexibility index (Phi) is 20.5. The number of hydrogen-bond donors (Lipinski definition) is 1. The number of halogens is 1. The number of unbranched alkanes of at least 4 members (excludes halogenated alkanes) is 13. The standard InChI is InChI=1S/C19H36IN/c1-2-3-4-5-6-7-8-9-10-11-12-13-14-15-18-21-19-16-17-20/h21H,2-15,18-19H2,1H3. The van der Waals surface area contributed by atoms with Crippen LogP contribution in [0.15, 0.2) is 0 Å². The van der Waals surface area contributed by atoms with E-state index in [0.717, 1.165) is 13.1 Å². The topological polar surface area (TPSA) is 12.0 Å². The summed E-state index contributed by atoms with van der Waals surface area (Å²) in [6.45, 7) is 4.27. The van der Waals surface area contributed by atoms with Gasteiger partial charge in [0.1, 0.15) is 0 Å². The molecule has 1 N–H and O–H groups in total. The van der Waals surface area contributed by atoms with Crippen molar-refractivity contribution >= 4 is 22.6 Å². The quantitative estimate of drug-likeness (QED) is 0.177. The summed E-state index contributed by atoms with van der Waals surface area (Å²) in [5.74, 6) is 3.02. The molecule has 21 heavy (non-hydrogen) atoms. The second-order valence-corrected chi connectivity index (χ2v) is 6.58. The van der Waals surface area contributed by atoms with Crippen LogP contribution in [0.4, 0.5) is 0 Å². The maximum atomic E-state index is 3.35. The Morgan fingerprint density at radius 3 is 1.52 bits per heavy atom. The summed E-state index contributed by atoms with van der Waals surface area (Å²) in [7, 11) is 0. The Labute approximate surface area is 147 Å². The largest absolute Gasteiger partial charge is 0.306 e. The van der Waals surface area contributed by atoms with Crippen LogP contribution >= 0.6 is 22.6 Å². The van der Waals surface area contributed by atoms with Crippen LogP contribution in [0.2, 0.25) is 0 Å². The minimum absolute atomic E-state index is 0.849. The van der Waals surface area contributed by atoms with Crippen LogP contribution in [-0.2, 0) is 0 Å². The average molecular weight is 405 g/mol. The van der Waals surface area contributed by atoms with Crippen molar-refractivity contribution in [3.8, 4) is 9.85 Å². The molecular weight excluding hydrogens is 369 g/mol. The van der Waals surface area contributed by atoms with Gasteiger partial charge in [0, 0.05) is 22.6 Å². The van der Waals surface area contributed by atoms with Crippen molar-refractivity contribution in [1.82, 2.24) is 5.32 Å². The van der Waals surface area contributed by atoms with Crippen molar-refractivity contribution in [2.24, 2.45) is 0 Å². The molecule has 0 aliphatic rings. The van der Waals surface area contributed by atoms with E-state index in [-0.39, 0.29) is 0 Å². The van der Waals surface area contributed by atoms with Crippen LogP contribution in [0.1, 0.15) is 96.8 Å². The van der Waals surface area contributed by atoms with Crippen LogP contribution in [0.25, 0.3) is 0 Å². The van der Waals surface area contributed by atoms with E-state index in [0.29, 0.717) is 0 Å². The van der Waals surface area contributed by atoms with Crippen LogP contribution in [-0.4, -0.2) is 13.1 Å². The zero-order valence-electron chi connectivity index (χ0n) is 14.2. The molecule has 124 valence electrons. The molecule has 0 amide bonds. The first-order chi connectivity index (χ1) is 10.4. The van der Waals surface area contributed by atoms with Gasteiger partial charge < -0.3 is 5.32 Å². The van der Waals surface area contributed by atoms with Gasteiger partial charge in [-0.05, 0) is 16.9 Å². The van der Waals surface area contributed by atoms with Gasteiger partial charge in [-0.2, -0.15) is 0 Å². The van der Waals surface area contributed by atoms with Gasteiger partial charge in [-0.1, -0.05) is 96.3 Å². The normalized spacial score (nSPS) is 10.4.